The number of hydrogen-bond donors (Lipinski definition) is 2. The van der Waals surface area contributed by atoms with E-state index in [0.29, 0.717) is 17.7 Å². The van der Waals surface area contributed by atoms with Gasteiger partial charge in [-0.3, -0.25) is 9.59 Å². The van der Waals surface area contributed by atoms with Gasteiger partial charge in [-0.25, -0.2) is 0 Å². The van der Waals surface area contributed by atoms with Gasteiger partial charge in [0.25, 0.3) is 11.8 Å². The number of carbonyl (C=O) groups excluding carboxylic acids is 2. The van der Waals surface area contributed by atoms with Gasteiger partial charge in [0.15, 0.2) is 0 Å². The molecule has 114 valence electrons. The van der Waals surface area contributed by atoms with Crippen molar-refractivity contribution >= 4 is 11.8 Å². The molecule has 2 N–H and O–H groups in total. The maximum Gasteiger partial charge on any atom is 0.253 e. The lowest BCUT2D eigenvalue weighted by atomic mass is 10.1. The maximum atomic E-state index is 12.3. The normalized spacial score (nSPS) is 18.1. The Hall–Kier alpha value is -1.88. The quantitative estimate of drug-likeness (QED) is 0.877. The molecule has 1 saturated heterocycles. The van der Waals surface area contributed by atoms with E-state index < -0.39 is 0 Å². The van der Waals surface area contributed by atoms with Gasteiger partial charge in [-0.15, -0.1) is 0 Å². The minimum absolute atomic E-state index is 0.0634. The lowest BCUT2D eigenvalue weighted by molar-refractivity contribution is 0.0802. The fourth-order valence-electron chi connectivity index (χ4n) is 2.40. The SMILES string of the molecule is CCN(C)C(=O)c1cccc(C(=O)NC2CCCNC2)c1. The fraction of sp³-hybridized carbons (Fsp3) is 0.500. The number of benzene rings is 1. The third-order valence-corrected chi connectivity index (χ3v) is 3.82. The monoisotopic (exact) mass is 289 g/mol. The number of amides is 2. The van der Waals surface area contributed by atoms with Crippen LogP contribution in [0.1, 0.15) is 40.5 Å². The van der Waals surface area contributed by atoms with Gasteiger partial charge in [0.1, 0.15) is 0 Å². The zero-order valence-electron chi connectivity index (χ0n) is 12.7. The average Bonchev–Trinajstić information content (AvgIpc) is 2.54. The molecule has 5 heteroatoms. The van der Waals surface area contributed by atoms with Gasteiger partial charge < -0.3 is 15.5 Å². The molecule has 1 aromatic carbocycles. The first kappa shape index (κ1) is 15.5. The highest BCUT2D eigenvalue weighted by Gasteiger charge is 2.17. The Labute approximate surface area is 125 Å². The minimum atomic E-state index is -0.113. The lowest BCUT2D eigenvalue weighted by Gasteiger charge is -2.24. The van der Waals surface area contributed by atoms with E-state index in [9.17, 15) is 9.59 Å². The van der Waals surface area contributed by atoms with Crippen LogP contribution in [-0.4, -0.2) is 49.4 Å². The van der Waals surface area contributed by atoms with Crippen molar-refractivity contribution in [3.05, 3.63) is 35.4 Å². The molecule has 1 atom stereocenters. The smallest absolute Gasteiger partial charge is 0.253 e. The van der Waals surface area contributed by atoms with Crippen LogP contribution in [0.3, 0.4) is 0 Å². The van der Waals surface area contributed by atoms with Crippen molar-refractivity contribution in [3.63, 3.8) is 0 Å². The average molecular weight is 289 g/mol. The van der Waals surface area contributed by atoms with E-state index in [1.807, 2.05) is 6.92 Å². The Morgan fingerprint density at radius 2 is 2.14 bits per heavy atom. The van der Waals surface area contributed by atoms with E-state index in [-0.39, 0.29) is 17.9 Å². The van der Waals surface area contributed by atoms with E-state index in [1.54, 1.807) is 36.2 Å². The van der Waals surface area contributed by atoms with Gasteiger partial charge in [0, 0.05) is 37.3 Å². The van der Waals surface area contributed by atoms with Crippen LogP contribution in [0.15, 0.2) is 24.3 Å². The summed E-state index contributed by atoms with van der Waals surface area (Å²) in [5.74, 6) is -0.177. The summed E-state index contributed by atoms with van der Waals surface area (Å²) >= 11 is 0. The fourth-order valence-corrected chi connectivity index (χ4v) is 2.40. The van der Waals surface area contributed by atoms with E-state index in [4.69, 9.17) is 0 Å². The Kier molecular flexibility index (Phi) is 5.33. The highest BCUT2D eigenvalue weighted by molar-refractivity contribution is 5.99. The largest absolute Gasteiger partial charge is 0.348 e. The van der Waals surface area contributed by atoms with Crippen LogP contribution < -0.4 is 10.6 Å². The van der Waals surface area contributed by atoms with Crippen molar-refractivity contribution in [2.75, 3.05) is 26.7 Å². The first-order valence-corrected chi connectivity index (χ1v) is 7.49. The van der Waals surface area contributed by atoms with Gasteiger partial charge in [-0.05, 0) is 44.5 Å². The molecular formula is C16H23N3O2. The molecule has 1 aliphatic rings. The molecule has 2 rings (SSSR count). The van der Waals surface area contributed by atoms with E-state index in [1.165, 1.54) is 0 Å². The van der Waals surface area contributed by atoms with Gasteiger partial charge in [0.2, 0.25) is 0 Å². The number of carbonyl (C=O) groups is 2. The van der Waals surface area contributed by atoms with Crippen molar-refractivity contribution in [1.29, 1.82) is 0 Å². The molecule has 0 aromatic heterocycles. The van der Waals surface area contributed by atoms with Crippen LogP contribution in [-0.2, 0) is 0 Å². The van der Waals surface area contributed by atoms with Crippen molar-refractivity contribution in [3.8, 4) is 0 Å². The Morgan fingerprint density at radius 3 is 2.81 bits per heavy atom. The number of rotatable bonds is 4. The summed E-state index contributed by atoms with van der Waals surface area (Å²) in [6.07, 6.45) is 2.07. The predicted octanol–water partition coefficient (Wildman–Crippen LogP) is 1.26. The zero-order chi connectivity index (χ0) is 15.2. The Bertz CT molecular complexity index is 510. The molecule has 1 aromatic rings. The standard InChI is InChI=1S/C16H23N3O2/c1-3-19(2)16(21)13-7-4-6-12(10-13)15(20)18-14-8-5-9-17-11-14/h4,6-7,10,14,17H,3,5,8-9,11H2,1-2H3,(H,18,20). The third-order valence-electron chi connectivity index (χ3n) is 3.82. The van der Waals surface area contributed by atoms with Crippen molar-refractivity contribution in [2.24, 2.45) is 0 Å². The number of hydrogen-bond acceptors (Lipinski definition) is 3. The number of nitrogens with zero attached hydrogens (tertiary/aromatic N) is 1. The summed E-state index contributed by atoms with van der Waals surface area (Å²) in [6, 6.07) is 7.08. The zero-order valence-corrected chi connectivity index (χ0v) is 12.7. The summed E-state index contributed by atoms with van der Waals surface area (Å²) in [5, 5.41) is 6.29. The third kappa shape index (κ3) is 4.04. The second-order valence-corrected chi connectivity index (χ2v) is 5.42. The summed E-state index contributed by atoms with van der Waals surface area (Å²) in [7, 11) is 1.75. The van der Waals surface area contributed by atoms with Crippen molar-refractivity contribution in [1.82, 2.24) is 15.5 Å². The van der Waals surface area contributed by atoms with Crippen LogP contribution in [0, 0.1) is 0 Å². The van der Waals surface area contributed by atoms with Crippen LogP contribution in [0.2, 0.25) is 0 Å². The van der Waals surface area contributed by atoms with Crippen LogP contribution in [0.5, 0.6) is 0 Å². The van der Waals surface area contributed by atoms with Crippen LogP contribution in [0.25, 0.3) is 0 Å². The molecule has 5 nitrogen and oxygen atoms in total. The molecule has 1 unspecified atom stereocenters. The molecule has 0 radical (unpaired) electrons. The summed E-state index contributed by atoms with van der Waals surface area (Å²) in [6.45, 7) is 4.39. The summed E-state index contributed by atoms with van der Waals surface area (Å²) in [4.78, 5) is 26.0. The second kappa shape index (κ2) is 7.22. The molecule has 0 spiro atoms. The molecule has 21 heavy (non-hydrogen) atoms. The van der Waals surface area contributed by atoms with Gasteiger partial charge >= 0.3 is 0 Å². The predicted molar refractivity (Wildman–Crippen MR) is 82.4 cm³/mol. The Balaban J connectivity index is 2.05. The minimum Gasteiger partial charge on any atom is -0.348 e. The molecular weight excluding hydrogens is 266 g/mol. The van der Waals surface area contributed by atoms with Gasteiger partial charge in [0.05, 0.1) is 0 Å². The molecule has 1 heterocycles. The molecule has 0 saturated carbocycles. The van der Waals surface area contributed by atoms with Crippen LogP contribution in [0.4, 0.5) is 0 Å². The lowest BCUT2D eigenvalue weighted by Crippen LogP contribution is -2.45. The first-order valence-electron chi connectivity index (χ1n) is 7.49. The molecule has 1 fully saturated rings. The topological polar surface area (TPSA) is 61.4 Å². The molecule has 1 aliphatic heterocycles. The Morgan fingerprint density at radius 1 is 1.38 bits per heavy atom. The highest BCUT2D eigenvalue weighted by Crippen LogP contribution is 2.09. The van der Waals surface area contributed by atoms with Crippen LogP contribution >= 0.6 is 0 Å². The van der Waals surface area contributed by atoms with Gasteiger partial charge in [-0.1, -0.05) is 6.07 Å². The first-order chi connectivity index (χ1) is 10.1. The van der Waals surface area contributed by atoms with Crippen molar-refractivity contribution < 1.29 is 9.59 Å². The van der Waals surface area contributed by atoms with E-state index >= 15 is 0 Å². The van der Waals surface area contributed by atoms with Gasteiger partial charge in [-0.2, -0.15) is 0 Å². The summed E-state index contributed by atoms with van der Waals surface area (Å²) < 4.78 is 0. The van der Waals surface area contributed by atoms with E-state index in [0.717, 1.165) is 25.9 Å². The maximum absolute atomic E-state index is 12.3. The number of nitrogens with one attached hydrogen (secondary N) is 2. The second-order valence-electron chi connectivity index (χ2n) is 5.42. The number of piperidine rings is 1. The molecule has 2 amide bonds. The molecule has 0 aliphatic carbocycles. The summed E-state index contributed by atoms with van der Waals surface area (Å²) in [5.41, 5.74) is 1.09. The highest BCUT2D eigenvalue weighted by atomic mass is 16.2. The molecule has 0 bridgehead atoms. The van der Waals surface area contributed by atoms with E-state index in [2.05, 4.69) is 10.6 Å². The van der Waals surface area contributed by atoms with Crippen molar-refractivity contribution in [2.45, 2.75) is 25.8 Å².